The molecule has 1 saturated carbocycles. The number of carboxylic acid groups (broad SMARTS) is 1. The van der Waals surface area contributed by atoms with Crippen LogP contribution < -0.4 is 11.1 Å². The molecule has 0 aromatic heterocycles. The number of carbonyl (C=O) groups is 2. The Hall–Kier alpha value is -1.14. The van der Waals surface area contributed by atoms with Gasteiger partial charge in [-0.3, -0.25) is 4.79 Å². The minimum absolute atomic E-state index is 0.0245. The SMILES string of the molecule is NCC1(CC(=O)NCC[C@H](O)C(=O)O)CCC1. The lowest BCUT2D eigenvalue weighted by molar-refractivity contribution is -0.147. The lowest BCUT2D eigenvalue weighted by atomic mass is 9.66. The van der Waals surface area contributed by atoms with Crippen molar-refractivity contribution in [2.24, 2.45) is 11.1 Å². The zero-order valence-electron chi connectivity index (χ0n) is 9.82. The summed E-state index contributed by atoms with van der Waals surface area (Å²) in [6.45, 7) is 0.686. The summed E-state index contributed by atoms with van der Waals surface area (Å²) in [6.07, 6.45) is 2.08. The Bertz CT molecular complexity index is 284. The third kappa shape index (κ3) is 3.98. The van der Waals surface area contributed by atoms with Crippen LogP contribution in [-0.2, 0) is 9.59 Å². The van der Waals surface area contributed by atoms with Gasteiger partial charge in [0.05, 0.1) is 0 Å². The number of carbonyl (C=O) groups excluding carboxylic acids is 1. The minimum Gasteiger partial charge on any atom is -0.479 e. The summed E-state index contributed by atoms with van der Waals surface area (Å²) >= 11 is 0. The number of hydrogen-bond donors (Lipinski definition) is 4. The van der Waals surface area contributed by atoms with Crippen molar-refractivity contribution in [3.8, 4) is 0 Å². The maximum Gasteiger partial charge on any atom is 0.332 e. The number of nitrogens with one attached hydrogen (secondary N) is 1. The Labute approximate surface area is 100 Å². The van der Waals surface area contributed by atoms with Gasteiger partial charge in [-0.1, -0.05) is 6.42 Å². The first-order valence-corrected chi connectivity index (χ1v) is 5.87. The van der Waals surface area contributed by atoms with E-state index < -0.39 is 12.1 Å². The summed E-state index contributed by atoms with van der Waals surface area (Å²) in [6, 6.07) is 0. The van der Waals surface area contributed by atoms with Crippen LogP contribution in [0.25, 0.3) is 0 Å². The molecule has 0 aromatic carbocycles. The molecular weight excluding hydrogens is 224 g/mol. The van der Waals surface area contributed by atoms with Gasteiger partial charge < -0.3 is 21.3 Å². The first-order chi connectivity index (χ1) is 7.99. The number of hydrogen-bond acceptors (Lipinski definition) is 4. The Balaban J connectivity index is 2.19. The standard InChI is InChI=1S/C11H20N2O4/c12-7-11(3-1-4-11)6-9(15)13-5-2-8(14)10(16)17/h8,14H,1-7,12H2,(H,13,15)(H,16,17)/t8-/m0/s1. The van der Waals surface area contributed by atoms with Gasteiger partial charge in [0.25, 0.3) is 0 Å². The van der Waals surface area contributed by atoms with Crippen LogP contribution in [0.1, 0.15) is 32.1 Å². The summed E-state index contributed by atoms with van der Waals surface area (Å²) in [5.74, 6) is -1.38. The normalized spacial score (nSPS) is 19.2. The largest absolute Gasteiger partial charge is 0.479 e. The van der Waals surface area contributed by atoms with E-state index in [4.69, 9.17) is 15.9 Å². The van der Waals surface area contributed by atoms with Crippen LogP contribution >= 0.6 is 0 Å². The third-order valence-corrected chi connectivity index (χ3v) is 3.41. The van der Waals surface area contributed by atoms with E-state index in [1.807, 2.05) is 0 Å². The van der Waals surface area contributed by atoms with Crippen molar-refractivity contribution in [3.05, 3.63) is 0 Å². The van der Waals surface area contributed by atoms with Crippen molar-refractivity contribution in [3.63, 3.8) is 0 Å². The lowest BCUT2D eigenvalue weighted by Crippen LogP contribution is -2.42. The number of nitrogens with two attached hydrogens (primary N) is 1. The molecule has 0 spiro atoms. The Morgan fingerprint density at radius 1 is 1.41 bits per heavy atom. The predicted molar refractivity (Wildman–Crippen MR) is 61.2 cm³/mol. The van der Waals surface area contributed by atoms with E-state index in [0.29, 0.717) is 13.0 Å². The smallest absolute Gasteiger partial charge is 0.332 e. The molecule has 1 amide bonds. The quantitative estimate of drug-likeness (QED) is 0.480. The number of aliphatic carboxylic acids is 1. The van der Waals surface area contributed by atoms with Gasteiger partial charge >= 0.3 is 5.97 Å². The fourth-order valence-electron chi connectivity index (χ4n) is 2.00. The highest BCUT2D eigenvalue weighted by Gasteiger charge is 2.37. The van der Waals surface area contributed by atoms with Crippen molar-refractivity contribution in [2.45, 2.75) is 38.2 Å². The van der Waals surface area contributed by atoms with Gasteiger partial charge in [-0.25, -0.2) is 4.79 Å². The van der Waals surface area contributed by atoms with E-state index in [0.717, 1.165) is 19.3 Å². The number of amides is 1. The highest BCUT2D eigenvalue weighted by Crippen LogP contribution is 2.42. The molecule has 6 nitrogen and oxygen atoms in total. The van der Waals surface area contributed by atoms with E-state index in [-0.39, 0.29) is 24.3 Å². The second kappa shape index (κ2) is 5.97. The maximum atomic E-state index is 11.6. The molecule has 5 N–H and O–H groups in total. The topological polar surface area (TPSA) is 113 Å². The van der Waals surface area contributed by atoms with Crippen LogP contribution in [0.3, 0.4) is 0 Å². The molecule has 17 heavy (non-hydrogen) atoms. The van der Waals surface area contributed by atoms with E-state index in [1.54, 1.807) is 0 Å². The molecule has 1 aliphatic carbocycles. The maximum absolute atomic E-state index is 11.6. The molecule has 0 aliphatic heterocycles. The van der Waals surface area contributed by atoms with Crippen LogP contribution in [-0.4, -0.2) is 41.3 Å². The van der Waals surface area contributed by atoms with Crippen LogP contribution in [0.2, 0.25) is 0 Å². The molecule has 0 bridgehead atoms. The van der Waals surface area contributed by atoms with Crippen LogP contribution in [0, 0.1) is 5.41 Å². The highest BCUT2D eigenvalue weighted by atomic mass is 16.4. The first kappa shape index (κ1) is 13.9. The zero-order valence-corrected chi connectivity index (χ0v) is 9.82. The fourth-order valence-corrected chi connectivity index (χ4v) is 2.00. The molecule has 6 heteroatoms. The highest BCUT2D eigenvalue weighted by molar-refractivity contribution is 5.77. The average Bonchev–Trinajstić information content (AvgIpc) is 2.23. The molecule has 1 rings (SSSR count). The molecule has 0 saturated heterocycles. The molecule has 1 fully saturated rings. The monoisotopic (exact) mass is 244 g/mol. The summed E-state index contributed by atoms with van der Waals surface area (Å²) in [7, 11) is 0. The van der Waals surface area contributed by atoms with Gasteiger partial charge in [0.2, 0.25) is 5.91 Å². The summed E-state index contributed by atoms with van der Waals surface area (Å²) in [5, 5.41) is 20.1. The second-order valence-corrected chi connectivity index (χ2v) is 4.73. The summed E-state index contributed by atoms with van der Waals surface area (Å²) < 4.78 is 0. The fraction of sp³-hybridized carbons (Fsp3) is 0.818. The van der Waals surface area contributed by atoms with E-state index in [9.17, 15) is 9.59 Å². The van der Waals surface area contributed by atoms with Gasteiger partial charge in [0.15, 0.2) is 6.10 Å². The molecule has 1 aliphatic rings. The van der Waals surface area contributed by atoms with Gasteiger partial charge in [0.1, 0.15) is 0 Å². The van der Waals surface area contributed by atoms with Gasteiger partial charge in [-0.2, -0.15) is 0 Å². The van der Waals surface area contributed by atoms with E-state index in [2.05, 4.69) is 5.32 Å². The lowest BCUT2D eigenvalue weighted by Gasteiger charge is -2.40. The molecule has 98 valence electrons. The van der Waals surface area contributed by atoms with Gasteiger partial charge in [0, 0.05) is 19.4 Å². The summed E-state index contributed by atoms with van der Waals surface area (Å²) in [5.41, 5.74) is 5.59. The Morgan fingerprint density at radius 2 is 2.06 bits per heavy atom. The third-order valence-electron chi connectivity index (χ3n) is 3.41. The van der Waals surface area contributed by atoms with Crippen molar-refractivity contribution in [2.75, 3.05) is 13.1 Å². The number of carboxylic acids is 1. The van der Waals surface area contributed by atoms with Crippen molar-refractivity contribution in [1.29, 1.82) is 0 Å². The molecule has 1 atom stereocenters. The van der Waals surface area contributed by atoms with Crippen molar-refractivity contribution in [1.82, 2.24) is 5.32 Å². The Morgan fingerprint density at radius 3 is 2.47 bits per heavy atom. The van der Waals surface area contributed by atoms with Crippen LogP contribution in [0.5, 0.6) is 0 Å². The first-order valence-electron chi connectivity index (χ1n) is 5.87. The molecule has 0 unspecified atom stereocenters. The second-order valence-electron chi connectivity index (χ2n) is 4.73. The van der Waals surface area contributed by atoms with E-state index in [1.165, 1.54) is 0 Å². The van der Waals surface area contributed by atoms with Crippen molar-refractivity contribution < 1.29 is 19.8 Å². The predicted octanol–water partition coefficient (Wildman–Crippen LogP) is -0.543. The number of aliphatic hydroxyl groups excluding tert-OH is 1. The summed E-state index contributed by atoms with van der Waals surface area (Å²) in [4.78, 5) is 21.9. The van der Waals surface area contributed by atoms with Crippen LogP contribution in [0.15, 0.2) is 0 Å². The van der Waals surface area contributed by atoms with Crippen LogP contribution in [0.4, 0.5) is 0 Å². The van der Waals surface area contributed by atoms with Gasteiger partial charge in [-0.15, -0.1) is 0 Å². The van der Waals surface area contributed by atoms with Crippen molar-refractivity contribution >= 4 is 11.9 Å². The van der Waals surface area contributed by atoms with Gasteiger partial charge in [-0.05, 0) is 24.8 Å². The molecular formula is C11H20N2O4. The number of rotatable bonds is 7. The molecule has 0 heterocycles. The Kier molecular flexibility index (Phi) is 4.89. The zero-order chi connectivity index (χ0) is 12.9. The molecule has 0 radical (unpaired) electrons. The minimum atomic E-state index is -1.41. The number of aliphatic hydroxyl groups is 1. The van der Waals surface area contributed by atoms with E-state index >= 15 is 0 Å². The molecule has 0 aromatic rings. The average molecular weight is 244 g/mol.